The minimum absolute atomic E-state index is 0. The first-order chi connectivity index (χ1) is 20.4. The van der Waals surface area contributed by atoms with Gasteiger partial charge in [-0.2, -0.15) is 0 Å². The van der Waals surface area contributed by atoms with Gasteiger partial charge < -0.3 is 16.4 Å². The van der Waals surface area contributed by atoms with Gasteiger partial charge in [0.1, 0.15) is 9.81 Å². The number of carboxylic acids is 2. The summed E-state index contributed by atoms with van der Waals surface area (Å²) in [6.45, 7) is 0. The van der Waals surface area contributed by atoms with E-state index in [0.717, 1.165) is 8.47 Å². The van der Waals surface area contributed by atoms with Gasteiger partial charge in [-0.25, -0.2) is 9.59 Å². The standard InChI is InChI=1S/2C11H4O2S8.H3N/c2*12-5(13)4-3-16-7(17-4)9-20-10-11(21-9)19-8(18-10)6-14-1-2-15-6;/h2*1-3H,(H,12,13);1H3. The molecule has 43 heavy (non-hydrogen) atoms. The average molecular weight is 866 g/mol. The Labute approximate surface area is 314 Å². The summed E-state index contributed by atoms with van der Waals surface area (Å²) in [4.78, 5) is 22.8. The molecule has 0 radical (unpaired) electrons. The number of hydrogen-bond acceptors (Lipinski definition) is 19. The predicted molar refractivity (Wildman–Crippen MR) is 218 cm³/mol. The second-order valence-corrected chi connectivity index (χ2v) is 26.1. The van der Waals surface area contributed by atoms with E-state index >= 15 is 0 Å². The van der Waals surface area contributed by atoms with Crippen LogP contribution >= 0.6 is 188 Å². The summed E-state index contributed by atoms with van der Waals surface area (Å²) in [5.41, 5.74) is 0. The SMILES string of the molecule is N.O=C(O)C1=CSC(=C2SC3=C(SC(=C4SC=CS4)S3)S2)S1.O=C(O)C1=CSC(=C2SC3=C(SC(=C4SC=CS4)S3)S2)S1. The topological polar surface area (TPSA) is 110 Å². The van der Waals surface area contributed by atoms with Crippen LogP contribution in [0, 0.1) is 0 Å². The molecule has 0 fully saturated rings. The maximum absolute atomic E-state index is 11.0. The molecular formula is C22H11NO4S16. The molecule has 21 heteroatoms. The summed E-state index contributed by atoms with van der Waals surface area (Å²) in [5, 5.41) is 30.0. The molecule has 5 N–H and O–H groups in total. The molecule has 8 aliphatic heterocycles. The van der Waals surface area contributed by atoms with Gasteiger partial charge in [-0.1, -0.05) is 188 Å². The molecule has 8 heterocycles. The van der Waals surface area contributed by atoms with Crippen molar-refractivity contribution in [1.29, 1.82) is 0 Å². The van der Waals surface area contributed by atoms with E-state index in [1.807, 2.05) is 47.0 Å². The third-order valence-corrected chi connectivity index (χ3v) is 27.0. The van der Waals surface area contributed by atoms with Crippen LogP contribution in [0.3, 0.4) is 0 Å². The van der Waals surface area contributed by atoms with E-state index in [-0.39, 0.29) is 6.15 Å². The highest BCUT2D eigenvalue weighted by atomic mass is 32.3. The van der Waals surface area contributed by atoms with E-state index in [2.05, 4.69) is 21.6 Å². The van der Waals surface area contributed by atoms with Crippen molar-refractivity contribution in [2.45, 2.75) is 0 Å². The van der Waals surface area contributed by atoms with Crippen molar-refractivity contribution in [2.75, 3.05) is 0 Å². The molecular weight excluding hydrogens is 855 g/mol. The van der Waals surface area contributed by atoms with E-state index in [9.17, 15) is 9.59 Å². The van der Waals surface area contributed by atoms with Crippen LogP contribution in [0.15, 0.2) is 93.1 Å². The summed E-state index contributed by atoms with van der Waals surface area (Å²) >= 11 is 27.4. The molecule has 0 aromatic carbocycles. The van der Waals surface area contributed by atoms with Gasteiger partial charge >= 0.3 is 11.9 Å². The Bertz CT molecular complexity index is 1460. The van der Waals surface area contributed by atoms with Gasteiger partial charge in [-0.3, -0.25) is 0 Å². The lowest BCUT2D eigenvalue weighted by Gasteiger charge is -2.06. The maximum Gasteiger partial charge on any atom is 0.343 e. The highest BCUT2D eigenvalue weighted by Crippen LogP contribution is 2.72. The number of aliphatic carboxylic acids is 2. The van der Waals surface area contributed by atoms with E-state index in [4.69, 9.17) is 10.2 Å². The third kappa shape index (κ3) is 8.04. The average Bonchev–Trinajstić information content (AvgIpc) is 3.81. The first-order valence-electron chi connectivity index (χ1n) is 10.8. The summed E-state index contributed by atoms with van der Waals surface area (Å²) in [7, 11) is 0. The molecule has 0 amide bonds. The molecule has 8 aliphatic rings. The Morgan fingerprint density at radius 2 is 0.628 bits per heavy atom. The molecule has 0 aliphatic carbocycles. The van der Waals surface area contributed by atoms with Crippen LogP contribution in [0.2, 0.25) is 0 Å². The lowest BCUT2D eigenvalue weighted by Crippen LogP contribution is -1.92. The Kier molecular flexibility index (Phi) is 12.6. The number of rotatable bonds is 2. The molecule has 0 aromatic heterocycles. The molecule has 8 rings (SSSR count). The monoisotopic (exact) mass is 865 g/mol. The predicted octanol–water partition coefficient (Wildman–Crippen LogP) is 13.5. The van der Waals surface area contributed by atoms with Crippen LogP contribution in [0.4, 0.5) is 0 Å². The van der Waals surface area contributed by atoms with Crippen LogP contribution in [0.5, 0.6) is 0 Å². The van der Waals surface area contributed by atoms with Crippen LogP contribution in [-0.4, -0.2) is 22.2 Å². The number of thioether (sulfide) groups is 16. The summed E-state index contributed by atoms with van der Waals surface area (Å²) in [6, 6.07) is 0. The molecule has 0 saturated carbocycles. The first-order valence-corrected chi connectivity index (χ1v) is 24.3. The van der Waals surface area contributed by atoms with E-state index in [1.165, 1.54) is 89.4 Å². The van der Waals surface area contributed by atoms with Crippen LogP contribution in [0.1, 0.15) is 0 Å². The molecule has 0 spiro atoms. The number of hydrogen-bond donors (Lipinski definition) is 3. The second-order valence-electron chi connectivity index (χ2n) is 7.30. The largest absolute Gasteiger partial charge is 0.477 e. The molecule has 0 bridgehead atoms. The van der Waals surface area contributed by atoms with Crippen molar-refractivity contribution >= 4 is 200 Å². The van der Waals surface area contributed by atoms with E-state index in [1.54, 1.807) is 105 Å². The fourth-order valence-corrected chi connectivity index (χ4v) is 24.8. The van der Waals surface area contributed by atoms with E-state index < -0.39 is 11.9 Å². The highest BCUT2D eigenvalue weighted by Gasteiger charge is 2.36. The fraction of sp³-hybridized carbons (Fsp3) is 0. The van der Waals surface area contributed by atoms with Crippen molar-refractivity contribution in [3.8, 4) is 0 Å². The smallest absolute Gasteiger partial charge is 0.343 e. The molecule has 0 atom stereocenters. The highest BCUT2D eigenvalue weighted by molar-refractivity contribution is 8.50. The van der Waals surface area contributed by atoms with Crippen molar-refractivity contribution in [2.24, 2.45) is 0 Å². The quantitative estimate of drug-likeness (QED) is 0.245. The maximum atomic E-state index is 11.0. The van der Waals surface area contributed by atoms with Gasteiger partial charge in [-0.05, 0) is 32.4 Å². The van der Waals surface area contributed by atoms with Gasteiger partial charge in [0, 0.05) is 0 Å². The van der Waals surface area contributed by atoms with Crippen molar-refractivity contribution in [3.05, 3.63) is 93.1 Å². The summed E-state index contributed by atoms with van der Waals surface area (Å²) in [6.07, 6.45) is 0. The zero-order valence-electron chi connectivity index (χ0n) is 20.4. The van der Waals surface area contributed by atoms with Gasteiger partial charge in [0.15, 0.2) is 0 Å². The van der Waals surface area contributed by atoms with Crippen LogP contribution < -0.4 is 6.15 Å². The minimum atomic E-state index is -0.838. The molecule has 5 nitrogen and oxygen atoms in total. The molecule has 0 unspecified atom stereocenters. The van der Waals surface area contributed by atoms with E-state index in [0.29, 0.717) is 9.81 Å². The Morgan fingerprint density at radius 1 is 0.372 bits per heavy atom. The normalized spacial score (nSPS) is 23.9. The Balaban J connectivity index is 0.000000150. The molecule has 224 valence electrons. The number of carboxylic acid groups (broad SMARTS) is 2. The molecule has 0 aromatic rings. The summed E-state index contributed by atoms with van der Waals surface area (Å²) < 4.78 is 15.5. The lowest BCUT2D eigenvalue weighted by atomic mass is 10.7. The van der Waals surface area contributed by atoms with Gasteiger partial charge in [-0.15, -0.1) is 0 Å². The van der Waals surface area contributed by atoms with Crippen molar-refractivity contribution in [3.63, 3.8) is 0 Å². The first kappa shape index (κ1) is 34.8. The van der Waals surface area contributed by atoms with Crippen molar-refractivity contribution < 1.29 is 19.8 Å². The molecule has 0 saturated heterocycles. The van der Waals surface area contributed by atoms with Gasteiger partial charge in [0.2, 0.25) is 0 Å². The minimum Gasteiger partial charge on any atom is -0.477 e. The zero-order valence-corrected chi connectivity index (χ0v) is 33.5. The van der Waals surface area contributed by atoms with Crippen LogP contribution in [0.25, 0.3) is 0 Å². The van der Waals surface area contributed by atoms with Crippen LogP contribution in [-0.2, 0) is 9.59 Å². The van der Waals surface area contributed by atoms with Gasteiger partial charge in [0.05, 0.1) is 50.8 Å². The van der Waals surface area contributed by atoms with Crippen molar-refractivity contribution in [1.82, 2.24) is 6.15 Å². The van der Waals surface area contributed by atoms with Gasteiger partial charge in [0.25, 0.3) is 0 Å². The zero-order chi connectivity index (χ0) is 28.8. The summed E-state index contributed by atoms with van der Waals surface area (Å²) in [5.74, 6) is -1.68. The Hall–Kier alpha value is 1.90. The Morgan fingerprint density at radius 3 is 0.884 bits per heavy atom. The third-order valence-electron chi connectivity index (χ3n) is 4.67. The lowest BCUT2D eigenvalue weighted by molar-refractivity contribution is -0.132. The number of carbonyl (C=O) groups is 2. The fourth-order valence-electron chi connectivity index (χ4n) is 2.99. The second kappa shape index (κ2) is 15.6.